The zero-order valence-electron chi connectivity index (χ0n) is 41.6. The van der Waals surface area contributed by atoms with E-state index in [0.717, 1.165) is 24.4 Å². The molecule has 6 atom stereocenters. The number of anilines is 1. The van der Waals surface area contributed by atoms with Crippen LogP contribution in [0.1, 0.15) is 67.3 Å². The smallest absolute Gasteiger partial charge is 0.326 e. The molecule has 1 aliphatic heterocycles. The molecule has 2 aromatic carbocycles. The van der Waals surface area contributed by atoms with Crippen LogP contribution >= 0.6 is 0 Å². The van der Waals surface area contributed by atoms with Gasteiger partial charge in [0.25, 0.3) is 16.1 Å². The predicted molar refractivity (Wildman–Crippen MR) is 267 cm³/mol. The zero-order chi connectivity index (χ0) is 54.8. The summed E-state index contributed by atoms with van der Waals surface area (Å²) in [5.74, 6) is -6.58. The number of carbonyl (C=O) groups is 5. The number of carbonyl (C=O) groups excluding carboxylic acids is 4. The molecule has 26 nitrogen and oxygen atoms in total. The molecule has 0 unspecified atom stereocenters. The van der Waals surface area contributed by atoms with Crippen molar-refractivity contribution in [3.05, 3.63) is 71.0 Å². The summed E-state index contributed by atoms with van der Waals surface area (Å²) in [4.78, 5) is 83.7. The first-order chi connectivity index (χ1) is 34.7. The molecule has 3 heterocycles. The number of aliphatic hydroxyl groups excluding tert-OH is 2. The maximum absolute atomic E-state index is 14.9. The number of aryl methyl sites for hydroxylation is 1. The number of phenols is 1. The third-order valence-corrected chi connectivity index (χ3v) is 12.0. The number of carboxylic acids is 1. The second kappa shape index (κ2) is 24.6. The highest BCUT2D eigenvalue weighted by molar-refractivity contribution is 7.87. The number of aromatic hydroxyl groups is 1. The van der Waals surface area contributed by atoms with E-state index >= 15 is 0 Å². The Morgan fingerprint density at radius 2 is 1.59 bits per heavy atom. The van der Waals surface area contributed by atoms with E-state index in [9.17, 15) is 52.8 Å². The highest BCUT2D eigenvalue weighted by atomic mass is 32.2. The Hall–Kier alpha value is -7.27. The number of hydrogen-bond donors (Lipinski definition) is 12. The van der Waals surface area contributed by atoms with Crippen LogP contribution in [0.3, 0.4) is 0 Å². The minimum Gasteiger partial charge on any atom is -0.504 e. The van der Waals surface area contributed by atoms with Crippen LogP contribution in [-0.2, 0) is 35.8 Å². The summed E-state index contributed by atoms with van der Waals surface area (Å²) in [6, 6.07) is 3.18. The summed E-state index contributed by atoms with van der Waals surface area (Å²) in [6.45, 7) is 7.13. The van der Waals surface area contributed by atoms with Gasteiger partial charge in [-0.05, 0) is 67.1 Å². The number of aliphatic hydroxyl groups is 2. The summed E-state index contributed by atoms with van der Waals surface area (Å²) < 4.78 is 44.1. The van der Waals surface area contributed by atoms with Crippen molar-refractivity contribution in [3.63, 3.8) is 0 Å². The van der Waals surface area contributed by atoms with Crippen LogP contribution in [0.2, 0.25) is 0 Å². The fourth-order valence-electron chi connectivity index (χ4n) is 7.36. The van der Waals surface area contributed by atoms with Crippen LogP contribution in [0.15, 0.2) is 48.7 Å². The third-order valence-electron chi connectivity index (χ3n) is 11.5. The molecule has 27 heteroatoms. The molecule has 4 aromatic rings. The fraction of sp³-hybridized carbons (Fsp3) is 0.447. The normalized spacial score (nSPS) is 17.4. The number of phenolic OH excluding ortho intramolecular Hbond substituents is 1. The standard InChI is InChI=1S/C47H64N12O14S/c1-23-37(40(50)58-41(54-23)26-8-10-36(52-19-26)71-12-11-47(3,4)5)43(64)57-33(20-53-74(51,69)70)45(66)59(6)38-27-15-31(39(62)35(16-27)73-22-29(61)18-49)30-13-25(7-9-34(30)72-21-28(60)17-48)14-32(46(67)68)56-42(63)24(2)55-44(38)65/h7-10,13,15-16,19,24,28-29,32-33,38,53,60-62H,11-12,14,17-18,20-22,48-49H2,1-6H3,(H,55,65)(H,56,63)(H,57,64)(H,67,68)(H2,50,54,58)(H2,51,69,70)/t24-,28+,29+,32-,33-,38-/m0/s1. The summed E-state index contributed by atoms with van der Waals surface area (Å²) in [7, 11) is -3.45. The summed E-state index contributed by atoms with van der Waals surface area (Å²) >= 11 is 0. The van der Waals surface area contributed by atoms with Gasteiger partial charge >= 0.3 is 5.97 Å². The maximum Gasteiger partial charge on any atom is 0.326 e. The molecule has 1 aliphatic rings. The van der Waals surface area contributed by atoms with Crippen molar-refractivity contribution in [2.45, 2.75) is 83.8 Å². The predicted octanol–water partition coefficient (Wildman–Crippen LogP) is -1.26. The van der Waals surface area contributed by atoms with Gasteiger partial charge in [0, 0.05) is 62.1 Å². The molecule has 4 amide bonds. The second-order valence-corrected chi connectivity index (χ2v) is 20.1. The van der Waals surface area contributed by atoms with Gasteiger partial charge in [0.1, 0.15) is 66.7 Å². The van der Waals surface area contributed by atoms with E-state index < -0.39 is 95.1 Å². The number of aliphatic carboxylic acids is 1. The molecule has 16 N–H and O–H groups in total. The summed E-state index contributed by atoms with van der Waals surface area (Å²) in [5.41, 5.74) is 17.8. The Morgan fingerprint density at radius 3 is 2.18 bits per heavy atom. The van der Waals surface area contributed by atoms with Gasteiger partial charge in [-0.3, -0.25) is 19.2 Å². The number of fused-ring (bicyclic) bond motifs is 5. The van der Waals surface area contributed by atoms with Crippen molar-refractivity contribution < 1.29 is 67.0 Å². The van der Waals surface area contributed by atoms with Crippen molar-refractivity contribution in [1.82, 2.24) is 40.5 Å². The monoisotopic (exact) mass is 1050 g/mol. The summed E-state index contributed by atoms with van der Waals surface area (Å²) in [5, 5.41) is 55.3. The molecule has 0 aliphatic carbocycles. The van der Waals surface area contributed by atoms with Gasteiger partial charge < -0.3 is 72.7 Å². The average molecular weight is 1050 g/mol. The molecule has 0 fully saturated rings. The second-order valence-electron chi connectivity index (χ2n) is 18.7. The number of carboxylic acid groups (broad SMARTS) is 1. The van der Waals surface area contributed by atoms with E-state index in [1.54, 1.807) is 12.1 Å². The average Bonchev–Trinajstić information content (AvgIpc) is 3.32. The lowest BCUT2D eigenvalue weighted by Gasteiger charge is -2.33. The molecule has 0 saturated heterocycles. The number of pyridine rings is 1. The number of ether oxygens (including phenoxy) is 3. The number of nitrogens with one attached hydrogen (secondary N) is 4. The van der Waals surface area contributed by atoms with Gasteiger partial charge in [-0.15, -0.1) is 0 Å². The molecular formula is C47H64N12O14S. The Bertz CT molecular complexity index is 2790. The van der Waals surface area contributed by atoms with Crippen molar-refractivity contribution in [2.75, 3.05) is 52.2 Å². The van der Waals surface area contributed by atoms with Crippen LogP contribution in [0, 0.1) is 12.3 Å². The minimum atomic E-state index is -4.56. The number of nitrogens with two attached hydrogens (primary N) is 4. The van der Waals surface area contributed by atoms with Crippen LogP contribution in [-0.4, -0.2) is 155 Å². The van der Waals surface area contributed by atoms with E-state index in [1.165, 1.54) is 44.3 Å². The number of likely N-dealkylation sites (N-methyl/N-ethyl adjacent to an activating group) is 1. The Morgan fingerprint density at radius 1 is 0.932 bits per heavy atom. The third kappa shape index (κ3) is 15.4. The van der Waals surface area contributed by atoms with Gasteiger partial charge in [0.05, 0.1) is 12.3 Å². The first-order valence-electron chi connectivity index (χ1n) is 23.1. The number of aromatic nitrogens is 3. The van der Waals surface area contributed by atoms with Gasteiger partial charge in [0.2, 0.25) is 23.6 Å². The van der Waals surface area contributed by atoms with Crippen molar-refractivity contribution in [2.24, 2.45) is 22.0 Å². The van der Waals surface area contributed by atoms with Crippen LogP contribution in [0.25, 0.3) is 22.5 Å². The quantitative estimate of drug-likeness (QED) is 0.0491. The molecule has 0 saturated carbocycles. The highest BCUT2D eigenvalue weighted by Crippen LogP contribution is 2.45. The molecule has 4 bridgehead atoms. The number of hydrogen-bond acceptors (Lipinski definition) is 19. The number of rotatable bonds is 20. The first kappa shape index (κ1) is 57.6. The van der Waals surface area contributed by atoms with E-state index in [-0.39, 0.29) is 82.6 Å². The number of amides is 4. The Balaban J connectivity index is 1.62. The van der Waals surface area contributed by atoms with Gasteiger partial charge in [0.15, 0.2) is 17.3 Å². The Kier molecular flexibility index (Phi) is 19.2. The maximum atomic E-state index is 14.9. The number of benzene rings is 2. The van der Waals surface area contributed by atoms with Crippen LogP contribution in [0.5, 0.6) is 23.1 Å². The highest BCUT2D eigenvalue weighted by Gasteiger charge is 2.38. The van der Waals surface area contributed by atoms with Crippen molar-refractivity contribution in [1.29, 1.82) is 0 Å². The lowest BCUT2D eigenvalue weighted by atomic mass is 9.93. The van der Waals surface area contributed by atoms with Gasteiger partial charge in [-0.25, -0.2) is 24.9 Å². The fourth-order valence-corrected chi connectivity index (χ4v) is 7.76. The lowest BCUT2D eigenvalue weighted by molar-refractivity contribution is -0.143. The van der Waals surface area contributed by atoms with Crippen LogP contribution in [0.4, 0.5) is 5.82 Å². The van der Waals surface area contributed by atoms with Crippen LogP contribution < -0.4 is 57.2 Å². The lowest BCUT2D eigenvalue weighted by Crippen LogP contribution is -2.57. The molecule has 402 valence electrons. The molecule has 74 heavy (non-hydrogen) atoms. The SMILES string of the molecule is Cc1nc(-c2ccc(OCCC(C)(C)C)nc2)nc(N)c1C(=O)N[C@@H](CNS(N)(=O)=O)C(=O)N(C)[C@@H]1C(=O)N[C@@H](C)C(=O)N[C@H](C(=O)O)Cc2ccc(OC[C@H](O)CN)c(c2)-c2cc1cc(OC[C@H](O)CN)c2O. The molecular weight excluding hydrogens is 989 g/mol. The van der Waals surface area contributed by atoms with Crippen molar-refractivity contribution >= 4 is 45.6 Å². The molecule has 5 rings (SSSR count). The van der Waals surface area contributed by atoms with Gasteiger partial charge in [-0.1, -0.05) is 26.8 Å². The minimum absolute atomic E-state index is 0.00151. The topological polar surface area (TPSA) is 422 Å². The van der Waals surface area contributed by atoms with E-state index in [2.05, 4.69) is 51.7 Å². The van der Waals surface area contributed by atoms with E-state index in [4.69, 9.17) is 36.6 Å². The summed E-state index contributed by atoms with van der Waals surface area (Å²) in [6.07, 6.45) is -0.502. The Labute approximate surface area is 426 Å². The van der Waals surface area contributed by atoms with E-state index in [0.29, 0.717) is 23.6 Å². The first-order valence-corrected chi connectivity index (χ1v) is 24.7. The zero-order valence-corrected chi connectivity index (χ0v) is 42.4. The number of nitrogen functional groups attached to an aromatic ring is 1. The molecule has 2 aromatic heterocycles. The van der Waals surface area contributed by atoms with E-state index in [1.807, 2.05) is 4.72 Å². The van der Waals surface area contributed by atoms with Gasteiger partial charge in [-0.2, -0.15) is 13.1 Å². The number of nitrogens with zero attached hydrogens (tertiary/aromatic N) is 4. The molecule has 0 radical (unpaired) electrons. The van der Waals surface area contributed by atoms with Crippen molar-refractivity contribution in [3.8, 4) is 45.6 Å². The largest absolute Gasteiger partial charge is 0.504 e. The molecule has 0 spiro atoms.